The van der Waals surface area contributed by atoms with Gasteiger partial charge in [0.1, 0.15) is 11.8 Å². The molecule has 2 unspecified atom stereocenters. The molecule has 2 N–H and O–H groups in total. The van der Waals surface area contributed by atoms with Gasteiger partial charge in [0.05, 0.1) is 6.04 Å². The van der Waals surface area contributed by atoms with Gasteiger partial charge in [0.2, 0.25) is 0 Å². The molecular weight excluding hydrogens is 247 g/mol. The average Bonchev–Trinajstić information content (AvgIpc) is 2.93. The normalized spacial score (nSPS) is 20.6. The van der Waals surface area contributed by atoms with Crippen molar-refractivity contribution in [3.05, 3.63) is 0 Å². The van der Waals surface area contributed by atoms with Crippen LogP contribution in [0.25, 0.3) is 0 Å². The zero-order valence-electron chi connectivity index (χ0n) is 12.7. The Kier molecular flexibility index (Phi) is 4.82. The van der Waals surface area contributed by atoms with E-state index in [1.165, 1.54) is 11.8 Å². The highest BCUT2D eigenvalue weighted by Gasteiger charge is 2.39. The van der Waals surface area contributed by atoms with Crippen molar-refractivity contribution in [1.29, 1.82) is 0 Å². The van der Waals surface area contributed by atoms with Crippen molar-refractivity contribution in [2.75, 3.05) is 7.05 Å². The number of hydrogen-bond donors (Lipinski definition) is 1. The van der Waals surface area contributed by atoms with Crippen LogP contribution in [0.3, 0.4) is 0 Å². The number of amides is 1. The first-order valence-corrected chi connectivity index (χ1v) is 6.93. The monoisotopic (exact) mass is 274 g/mol. The second-order valence-corrected chi connectivity index (χ2v) is 6.74. The van der Waals surface area contributed by atoms with Crippen LogP contribution in [0.5, 0.6) is 0 Å². The van der Waals surface area contributed by atoms with Crippen LogP contribution < -0.4 is 5.73 Å². The molecule has 0 aromatic heterocycles. The molecule has 1 fully saturated rings. The molecule has 1 aliphatic rings. The molecule has 1 saturated carbocycles. The van der Waals surface area contributed by atoms with Crippen LogP contribution in [0.2, 0.25) is 0 Å². The molecule has 0 aromatic rings. The van der Waals surface area contributed by atoms with E-state index in [9.17, 15) is 9.18 Å². The fraction of sp³-hybridized carbons (Fsp3) is 0.929. The zero-order valence-corrected chi connectivity index (χ0v) is 12.7. The Morgan fingerprint density at radius 2 is 2.00 bits per heavy atom. The second-order valence-electron chi connectivity index (χ2n) is 6.74. The molecule has 2 atom stereocenters. The molecule has 1 aliphatic carbocycles. The van der Waals surface area contributed by atoms with Gasteiger partial charge in [-0.15, -0.1) is 0 Å². The average molecular weight is 274 g/mol. The lowest BCUT2D eigenvalue weighted by Crippen LogP contribution is -2.45. The summed E-state index contributed by atoms with van der Waals surface area (Å²) in [4.78, 5) is 13.3. The van der Waals surface area contributed by atoms with Crippen LogP contribution in [-0.4, -0.2) is 41.4 Å². The highest BCUT2D eigenvalue weighted by Crippen LogP contribution is 2.37. The zero-order chi connectivity index (χ0) is 14.8. The third-order valence-corrected chi connectivity index (χ3v) is 3.54. The van der Waals surface area contributed by atoms with E-state index in [1.807, 2.05) is 0 Å². The van der Waals surface area contributed by atoms with E-state index in [4.69, 9.17) is 10.5 Å². The molecule has 112 valence electrons. The summed E-state index contributed by atoms with van der Waals surface area (Å²) in [6.45, 7) is 6.87. The van der Waals surface area contributed by atoms with Gasteiger partial charge in [0.15, 0.2) is 0 Å². The third-order valence-electron chi connectivity index (χ3n) is 3.54. The van der Waals surface area contributed by atoms with E-state index < -0.39 is 23.9 Å². The number of nitrogens with two attached hydrogens (primary N) is 1. The van der Waals surface area contributed by atoms with Crippen LogP contribution >= 0.6 is 0 Å². The second kappa shape index (κ2) is 5.65. The van der Waals surface area contributed by atoms with Gasteiger partial charge in [-0.25, -0.2) is 9.18 Å². The van der Waals surface area contributed by atoms with Crippen LogP contribution in [0.1, 0.15) is 53.4 Å². The Bertz CT molecular complexity index is 322. The predicted molar refractivity (Wildman–Crippen MR) is 73.7 cm³/mol. The first-order chi connectivity index (χ1) is 8.54. The Balaban J connectivity index is 2.56. The predicted octanol–water partition coefficient (Wildman–Crippen LogP) is 2.85. The summed E-state index contributed by atoms with van der Waals surface area (Å²) in [5.74, 6) is 0. The van der Waals surface area contributed by atoms with Gasteiger partial charge in [-0.2, -0.15) is 0 Å². The molecular formula is C14H27FN2O2. The van der Waals surface area contributed by atoms with E-state index in [-0.39, 0.29) is 5.54 Å². The molecule has 4 nitrogen and oxygen atoms in total. The minimum Gasteiger partial charge on any atom is -0.444 e. The summed E-state index contributed by atoms with van der Waals surface area (Å²) in [7, 11) is 1.59. The summed E-state index contributed by atoms with van der Waals surface area (Å²) in [6.07, 6.45) is 1.74. The Morgan fingerprint density at radius 3 is 2.37 bits per heavy atom. The molecule has 0 radical (unpaired) electrons. The van der Waals surface area contributed by atoms with Gasteiger partial charge >= 0.3 is 6.09 Å². The number of carbonyl (C=O) groups is 1. The maximum atomic E-state index is 13.7. The van der Waals surface area contributed by atoms with Gasteiger partial charge in [0.25, 0.3) is 0 Å². The van der Waals surface area contributed by atoms with Gasteiger partial charge in [-0.3, -0.25) is 0 Å². The first kappa shape index (κ1) is 16.2. The molecule has 0 bridgehead atoms. The van der Waals surface area contributed by atoms with Crippen molar-refractivity contribution in [3.8, 4) is 0 Å². The Labute approximate surface area is 115 Å². The molecule has 0 heterocycles. The summed E-state index contributed by atoms with van der Waals surface area (Å²) in [6, 6.07) is -0.476. The summed E-state index contributed by atoms with van der Waals surface area (Å²) in [5.41, 5.74) is 5.32. The van der Waals surface area contributed by atoms with Crippen molar-refractivity contribution in [3.63, 3.8) is 0 Å². The van der Waals surface area contributed by atoms with Crippen molar-refractivity contribution in [1.82, 2.24) is 4.90 Å². The molecule has 1 amide bonds. The van der Waals surface area contributed by atoms with Crippen molar-refractivity contribution in [2.45, 2.75) is 76.7 Å². The highest BCUT2D eigenvalue weighted by molar-refractivity contribution is 5.68. The molecule has 0 saturated heterocycles. The number of hydrogen-bond acceptors (Lipinski definition) is 3. The fourth-order valence-corrected chi connectivity index (χ4v) is 2.05. The number of rotatable bonds is 5. The lowest BCUT2D eigenvalue weighted by molar-refractivity contribution is 0.0128. The molecule has 0 aliphatic heterocycles. The number of ether oxygens (including phenoxy) is 1. The highest BCUT2D eigenvalue weighted by atomic mass is 19.1. The Hall–Kier alpha value is -0.840. The summed E-state index contributed by atoms with van der Waals surface area (Å²) >= 11 is 0. The van der Waals surface area contributed by atoms with E-state index in [0.29, 0.717) is 6.42 Å². The lowest BCUT2D eigenvalue weighted by atomic mass is 10.0. The molecule has 5 heteroatoms. The SMILES string of the molecule is CC(F)C(CCC1(N)CC1)N(C)C(=O)OC(C)(C)C. The van der Waals surface area contributed by atoms with Gasteiger partial charge < -0.3 is 15.4 Å². The van der Waals surface area contributed by atoms with Crippen LogP contribution in [-0.2, 0) is 4.74 Å². The van der Waals surface area contributed by atoms with Gasteiger partial charge in [-0.1, -0.05) is 0 Å². The topological polar surface area (TPSA) is 55.6 Å². The first-order valence-electron chi connectivity index (χ1n) is 6.93. The van der Waals surface area contributed by atoms with E-state index in [0.717, 1.165) is 19.3 Å². The molecule has 0 spiro atoms. The molecule has 19 heavy (non-hydrogen) atoms. The minimum absolute atomic E-state index is 0.123. The van der Waals surface area contributed by atoms with Crippen LogP contribution in [0, 0.1) is 0 Å². The minimum atomic E-state index is -1.10. The molecule has 0 aromatic carbocycles. The smallest absolute Gasteiger partial charge is 0.410 e. The van der Waals surface area contributed by atoms with Crippen molar-refractivity contribution < 1.29 is 13.9 Å². The van der Waals surface area contributed by atoms with Gasteiger partial charge in [-0.05, 0) is 53.4 Å². The maximum Gasteiger partial charge on any atom is 0.410 e. The number of carbonyl (C=O) groups excluding carboxylic acids is 1. The van der Waals surface area contributed by atoms with E-state index in [2.05, 4.69) is 0 Å². The van der Waals surface area contributed by atoms with E-state index >= 15 is 0 Å². The quantitative estimate of drug-likeness (QED) is 0.838. The molecule has 1 rings (SSSR count). The third kappa shape index (κ3) is 5.35. The standard InChI is InChI=1S/C14H27FN2O2/c1-10(15)11(6-7-14(16)8-9-14)17(5)12(18)19-13(2,3)4/h10-11H,6-9,16H2,1-5H3. The number of alkyl halides is 1. The van der Waals surface area contributed by atoms with Gasteiger partial charge in [0, 0.05) is 12.6 Å². The number of halogens is 1. The summed E-state index contributed by atoms with van der Waals surface area (Å²) < 4.78 is 19.0. The Morgan fingerprint density at radius 1 is 1.47 bits per heavy atom. The largest absolute Gasteiger partial charge is 0.444 e. The van der Waals surface area contributed by atoms with Crippen LogP contribution in [0.15, 0.2) is 0 Å². The van der Waals surface area contributed by atoms with E-state index in [1.54, 1.807) is 27.8 Å². The number of nitrogens with zero attached hydrogens (tertiary/aromatic N) is 1. The fourth-order valence-electron chi connectivity index (χ4n) is 2.05. The summed E-state index contributed by atoms with van der Waals surface area (Å²) in [5, 5.41) is 0. The maximum absolute atomic E-state index is 13.7. The van der Waals surface area contributed by atoms with Crippen molar-refractivity contribution >= 4 is 6.09 Å². The van der Waals surface area contributed by atoms with Crippen molar-refractivity contribution in [2.24, 2.45) is 5.73 Å². The lowest BCUT2D eigenvalue weighted by Gasteiger charge is -2.32. The van der Waals surface area contributed by atoms with Crippen LogP contribution in [0.4, 0.5) is 9.18 Å².